The molecule has 0 fully saturated rings. The summed E-state index contributed by atoms with van der Waals surface area (Å²) in [5, 5.41) is 3.04. The molecule has 1 N–H and O–H groups in total. The first-order valence-electron chi connectivity index (χ1n) is 3.72. The van der Waals surface area contributed by atoms with Gasteiger partial charge in [0.05, 0.1) is 12.2 Å². The van der Waals surface area contributed by atoms with Crippen LogP contribution in [0.2, 0.25) is 0 Å². The molecule has 14 heavy (non-hydrogen) atoms. The fourth-order valence-electron chi connectivity index (χ4n) is 0.895. The lowest BCUT2D eigenvalue weighted by Gasteiger charge is -2.08. The fraction of sp³-hybridized carbons (Fsp3) is 0.111. The second-order valence-corrected chi connectivity index (χ2v) is 4.00. The fourth-order valence-corrected chi connectivity index (χ4v) is 1.51. The van der Waals surface area contributed by atoms with Crippen LogP contribution in [0.3, 0.4) is 0 Å². The summed E-state index contributed by atoms with van der Waals surface area (Å²) in [7, 11) is 0. The molecule has 0 unspecified atom stereocenters. The van der Waals surface area contributed by atoms with Crippen LogP contribution in [0.25, 0.3) is 0 Å². The average molecular weight is 283 g/mol. The maximum Gasteiger partial charge on any atom is 0.150 e. The van der Waals surface area contributed by atoms with Crippen molar-refractivity contribution in [3.8, 4) is 0 Å². The van der Waals surface area contributed by atoms with Crippen molar-refractivity contribution in [2.75, 3.05) is 11.9 Å². The van der Waals surface area contributed by atoms with E-state index in [0.717, 1.165) is 6.07 Å². The topological polar surface area (TPSA) is 12.0 Å². The highest BCUT2D eigenvalue weighted by molar-refractivity contribution is 9.10. The minimum Gasteiger partial charge on any atom is -0.377 e. The molecule has 0 saturated heterocycles. The SMILES string of the molecule is C=C(Cl)CNc1c(F)cc(F)cc1Br. The zero-order valence-electron chi connectivity index (χ0n) is 7.08. The van der Waals surface area contributed by atoms with Crippen LogP contribution in [0.1, 0.15) is 0 Å². The molecule has 0 heterocycles. The normalized spacial score (nSPS) is 10.0. The first kappa shape index (κ1) is 11.5. The van der Waals surface area contributed by atoms with Gasteiger partial charge in [-0.15, -0.1) is 0 Å². The number of halogens is 4. The molecule has 0 aliphatic rings. The van der Waals surface area contributed by atoms with Crippen molar-refractivity contribution in [2.45, 2.75) is 0 Å². The van der Waals surface area contributed by atoms with Crippen molar-refractivity contribution in [3.05, 3.63) is 39.9 Å². The summed E-state index contributed by atoms with van der Waals surface area (Å²) in [4.78, 5) is 0. The monoisotopic (exact) mass is 281 g/mol. The van der Waals surface area contributed by atoms with Crippen LogP contribution in [-0.2, 0) is 0 Å². The van der Waals surface area contributed by atoms with Gasteiger partial charge >= 0.3 is 0 Å². The molecule has 1 aromatic carbocycles. The molecule has 0 saturated carbocycles. The van der Waals surface area contributed by atoms with Crippen molar-refractivity contribution in [2.24, 2.45) is 0 Å². The molecule has 0 radical (unpaired) electrons. The lowest BCUT2D eigenvalue weighted by atomic mass is 10.3. The second kappa shape index (κ2) is 4.75. The van der Waals surface area contributed by atoms with E-state index in [-0.39, 0.29) is 12.2 Å². The van der Waals surface area contributed by atoms with E-state index in [2.05, 4.69) is 27.8 Å². The zero-order valence-corrected chi connectivity index (χ0v) is 9.42. The quantitative estimate of drug-likeness (QED) is 0.887. The number of benzene rings is 1. The van der Waals surface area contributed by atoms with E-state index in [1.165, 1.54) is 6.07 Å². The van der Waals surface area contributed by atoms with Crippen molar-refractivity contribution < 1.29 is 8.78 Å². The maximum absolute atomic E-state index is 13.2. The van der Waals surface area contributed by atoms with Crippen LogP contribution < -0.4 is 5.32 Å². The highest BCUT2D eigenvalue weighted by Crippen LogP contribution is 2.26. The summed E-state index contributed by atoms with van der Waals surface area (Å²) in [5.41, 5.74) is 0.174. The van der Waals surface area contributed by atoms with Crippen LogP contribution in [0.5, 0.6) is 0 Å². The van der Waals surface area contributed by atoms with Crippen LogP contribution in [0.15, 0.2) is 28.2 Å². The predicted octanol–water partition coefficient (Wildman–Crippen LogP) is 3.89. The molecule has 0 amide bonds. The summed E-state index contributed by atoms with van der Waals surface area (Å²) in [6.45, 7) is 3.66. The molecule has 0 aromatic heterocycles. The van der Waals surface area contributed by atoms with E-state index < -0.39 is 11.6 Å². The smallest absolute Gasteiger partial charge is 0.150 e. The number of hydrogen-bond donors (Lipinski definition) is 1. The van der Waals surface area contributed by atoms with Gasteiger partial charge in [0.15, 0.2) is 0 Å². The van der Waals surface area contributed by atoms with E-state index in [1.807, 2.05) is 0 Å². The average Bonchev–Trinajstić information content (AvgIpc) is 2.01. The van der Waals surface area contributed by atoms with Crippen LogP contribution in [0, 0.1) is 11.6 Å². The third-order valence-electron chi connectivity index (χ3n) is 1.46. The van der Waals surface area contributed by atoms with Crippen molar-refractivity contribution in [1.82, 2.24) is 0 Å². The largest absolute Gasteiger partial charge is 0.377 e. The molecule has 0 aliphatic heterocycles. The number of anilines is 1. The minimum atomic E-state index is -0.671. The Bertz CT molecular complexity index is 345. The minimum absolute atomic E-state index is 0.174. The second-order valence-electron chi connectivity index (χ2n) is 2.62. The van der Waals surface area contributed by atoms with Gasteiger partial charge in [0, 0.05) is 15.6 Å². The van der Waals surface area contributed by atoms with Gasteiger partial charge in [0.25, 0.3) is 0 Å². The van der Waals surface area contributed by atoms with E-state index in [0.29, 0.717) is 9.51 Å². The predicted molar refractivity (Wildman–Crippen MR) is 57.5 cm³/mol. The zero-order chi connectivity index (χ0) is 10.7. The Labute approximate surface area is 93.9 Å². The number of rotatable bonds is 3. The Hall–Kier alpha value is -0.610. The summed E-state index contributed by atoms with van der Waals surface area (Å²) < 4.78 is 26.1. The molecule has 0 aliphatic carbocycles. The van der Waals surface area contributed by atoms with Gasteiger partial charge in [-0.1, -0.05) is 18.2 Å². The van der Waals surface area contributed by atoms with Gasteiger partial charge in [-0.05, 0) is 22.0 Å². The summed E-state index contributed by atoms with van der Waals surface area (Å²) >= 11 is 8.53. The lowest BCUT2D eigenvalue weighted by Crippen LogP contribution is -2.04. The highest BCUT2D eigenvalue weighted by atomic mass is 79.9. The number of nitrogens with one attached hydrogen (secondary N) is 1. The Morgan fingerprint density at radius 2 is 2.14 bits per heavy atom. The third kappa shape index (κ3) is 2.96. The molecule has 5 heteroatoms. The molecule has 1 aromatic rings. The van der Waals surface area contributed by atoms with Crippen LogP contribution >= 0.6 is 27.5 Å². The Kier molecular flexibility index (Phi) is 3.89. The number of hydrogen-bond acceptors (Lipinski definition) is 1. The summed E-state index contributed by atoms with van der Waals surface area (Å²) in [6, 6.07) is 1.96. The van der Waals surface area contributed by atoms with Gasteiger partial charge in [-0.3, -0.25) is 0 Å². The summed E-state index contributed by atoms with van der Waals surface area (Å²) in [6.07, 6.45) is 0. The molecular weight excluding hydrogens is 275 g/mol. The molecular formula is C9H7BrClF2N. The molecule has 0 bridgehead atoms. The van der Waals surface area contributed by atoms with Gasteiger partial charge in [-0.2, -0.15) is 0 Å². The summed E-state index contributed by atoms with van der Waals surface area (Å²) in [5.74, 6) is -1.31. The van der Waals surface area contributed by atoms with Crippen LogP contribution in [0.4, 0.5) is 14.5 Å². The van der Waals surface area contributed by atoms with Gasteiger partial charge in [0.2, 0.25) is 0 Å². The Balaban J connectivity index is 2.91. The van der Waals surface area contributed by atoms with Crippen molar-refractivity contribution in [1.29, 1.82) is 0 Å². The first-order chi connectivity index (χ1) is 6.50. The van der Waals surface area contributed by atoms with Gasteiger partial charge < -0.3 is 5.32 Å². The van der Waals surface area contributed by atoms with Crippen LogP contribution in [-0.4, -0.2) is 6.54 Å². The molecule has 0 atom stereocenters. The Morgan fingerprint density at radius 3 is 2.64 bits per heavy atom. The van der Waals surface area contributed by atoms with E-state index in [1.54, 1.807) is 0 Å². The molecule has 0 spiro atoms. The third-order valence-corrected chi connectivity index (χ3v) is 2.22. The van der Waals surface area contributed by atoms with Crippen molar-refractivity contribution >= 4 is 33.2 Å². The standard InChI is InChI=1S/C9H7BrClF2N/c1-5(11)4-14-9-7(10)2-6(12)3-8(9)13/h2-3,14H,1,4H2. The van der Waals surface area contributed by atoms with E-state index in [9.17, 15) is 8.78 Å². The molecule has 1 rings (SSSR count). The maximum atomic E-state index is 13.2. The molecule has 76 valence electrons. The Morgan fingerprint density at radius 1 is 1.50 bits per heavy atom. The molecule has 1 nitrogen and oxygen atoms in total. The lowest BCUT2D eigenvalue weighted by molar-refractivity contribution is 0.584. The van der Waals surface area contributed by atoms with Crippen molar-refractivity contribution in [3.63, 3.8) is 0 Å². The van der Waals surface area contributed by atoms with Gasteiger partial charge in [-0.25, -0.2) is 8.78 Å². The van der Waals surface area contributed by atoms with E-state index >= 15 is 0 Å². The highest BCUT2D eigenvalue weighted by Gasteiger charge is 2.08. The first-order valence-corrected chi connectivity index (χ1v) is 4.89. The van der Waals surface area contributed by atoms with E-state index in [4.69, 9.17) is 11.6 Å². The van der Waals surface area contributed by atoms with Gasteiger partial charge in [0.1, 0.15) is 11.6 Å².